The van der Waals surface area contributed by atoms with Gasteiger partial charge in [0.2, 0.25) is 0 Å². The predicted octanol–water partition coefficient (Wildman–Crippen LogP) is 15.0. The molecule has 11 aromatic carbocycles. The Bertz CT molecular complexity index is 3910. The van der Waals surface area contributed by atoms with Crippen LogP contribution < -0.4 is 25.5 Å². The molecule has 14 rings (SSSR count). The molecule has 3 heterocycles. The smallest absolute Gasteiger partial charge is 0.264 e. The number of hydrogen-bond donors (Lipinski definition) is 0. The summed E-state index contributed by atoms with van der Waals surface area (Å²) in [5, 5.41) is 16.8. The van der Waals surface area contributed by atoms with Crippen LogP contribution in [0.3, 0.4) is 0 Å². The summed E-state index contributed by atoms with van der Waals surface area (Å²) >= 11 is 1.98. The molecule has 300 valence electrons. The fraction of sp³-hybridized carbons (Fsp3) is 0.0667. The van der Waals surface area contributed by atoms with Gasteiger partial charge in [-0.2, -0.15) is 0 Å². The van der Waals surface area contributed by atoms with Gasteiger partial charge in [-0.05, 0) is 154 Å². The molecule has 0 aliphatic carbocycles. The fourth-order valence-electron chi connectivity index (χ4n) is 11.6. The van der Waals surface area contributed by atoms with Crippen LogP contribution in [-0.2, 0) is 12.8 Å². The summed E-state index contributed by atoms with van der Waals surface area (Å²) in [6, 6.07) is 71.6. The molecule has 0 N–H and O–H groups in total. The zero-order valence-corrected chi connectivity index (χ0v) is 36.5. The molecule has 0 radical (unpaired) electrons. The summed E-state index contributed by atoms with van der Waals surface area (Å²) in [5.41, 5.74) is 12.9. The second-order valence-corrected chi connectivity index (χ2v) is 18.8. The molecule has 1 aromatic heterocycles. The normalized spacial score (nSPS) is 13.2. The van der Waals surface area contributed by atoms with E-state index >= 15 is 0 Å². The third kappa shape index (κ3) is 4.92. The van der Waals surface area contributed by atoms with E-state index in [-0.39, 0.29) is 6.71 Å². The van der Waals surface area contributed by atoms with E-state index in [1.54, 1.807) is 0 Å². The highest BCUT2D eigenvalue weighted by Crippen LogP contribution is 2.50. The van der Waals surface area contributed by atoms with Gasteiger partial charge in [-0.1, -0.05) is 147 Å². The lowest BCUT2D eigenvalue weighted by Gasteiger charge is -2.43. The van der Waals surface area contributed by atoms with Crippen molar-refractivity contribution in [3.05, 3.63) is 199 Å². The van der Waals surface area contributed by atoms with Crippen molar-refractivity contribution in [2.24, 2.45) is 0 Å². The molecular weight excluding hydrogens is 792 g/mol. The van der Waals surface area contributed by atoms with Gasteiger partial charge in [-0.15, -0.1) is 11.3 Å². The molecule has 0 unspecified atom stereocenters. The third-order valence-electron chi connectivity index (χ3n) is 14.5. The highest BCUT2D eigenvalue weighted by Gasteiger charge is 2.45. The lowest BCUT2D eigenvalue weighted by Crippen LogP contribution is -2.60. The van der Waals surface area contributed by atoms with Crippen molar-refractivity contribution in [3.8, 4) is 0 Å². The molecule has 2 nitrogen and oxygen atoms in total. The Kier molecular flexibility index (Phi) is 7.65. The number of hydrogen-bond acceptors (Lipinski definition) is 3. The van der Waals surface area contributed by atoms with E-state index in [0.717, 1.165) is 12.8 Å². The van der Waals surface area contributed by atoms with Crippen LogP contribution in [0.2, 0.25) is 0 Å². The van der Waals surface area contributed by atoms with E-state index in [0.29, 0.717) is 0 Å². The number of nitrogens with zero attached hydrogens (tertiary/aromatic N) is 2. The maximum absolute atomic E-state index is 2.62. The molecule has 64 heavy (non-hydrogen) atoms. The molecule has 0 saturated carbocycles. The first-order chi connectivity index (χ1) is 31.7. The van der Waals surface area contributed by atoms with Gasteiger partial charge in [-0.25, -0.2) is 0 Å². The van der Waals surface area contributed by atoms with E-state index in [4.69, 9.17) is 0 Å². The summed E-state index contributed by atoms with van der Waals surface area (Å²) in [5.74, 6) is 0. The van der Waals surface area contributed by atoms with Gasteiger partial charge >= 0.3 is 0 Å². The minimum Gasteiger partial charge on any atom is -0.311 e. The maximum Gasteiger partial charge on any atom is 0.264 e. The van der Waals surface area contributed by atoms with E-state index < -0.39 is 0 Å². The molecule has 2 aliphatic heterocycles. The lowest BCUT2D eigenvalue weighted by atomic mass is 9.36. The second kappa shape index (κ2) is 13.6. The van der Waals surface area contributed by atoms with Crippen LogP contribution in [0.25, 0.3) is 74.7 Å². The largest absolute Gasteiger partial charge is 0.311 e. The molecule has 0 atom stereocenters. The first-order valence-electron chi connectivity index (χ1n) is 22.7. The standard InChI is InChI=1S/C60H41BN2S/c1-3-36-25-31-57-52(32-36)59-60(64-57)61-53-33-37(4-2)24-30-54(53)62(38-26-28-48-44-18-7-5-14-40(44)42-16-9-11-20-46(42)50(48)34-38)55-22-13-23-56(58(55)61)63(59)39-27-29-49-45-19-8-6-15-41(45)43-17-10-12-21-47(43)51(49)35-39/h5-35H,3-4H2,1-2H3. The monoisotopic (exact) mass is 832 g/mol. The zero-order valence-electron chi connectivity index (χ0n) is 35.7. The molecule has 0 fully saturated rings. The minimum absolute atomic E-state index is 0.0770. The van der Waals surface area contributed by atoms with Crippen molar-refractivity contribution in [1.82, 2.24) is 0 Å². The Morgan fingerprint density at radius 3 is 1.36 bits per heavy atom. The Hall–Kier alpha value is -7.40. The van der Waals surface area contributed by atoms with Crippen LogP contribution in [-0.4, -0.2) is 6.71 Å². The van der Waals surface area contributed by atoms with Gasteiger partial charge in [0, 0.05) is 43.3 Å². The SMILES string of the molecule is CCc1ccc2c(c1)B1c3sc4ccc(CC)cc4c3N(c3ccc4c5ccccc5c5ccccc5c4c3)c3cccc(c31)N2c1ccc2c3ccccc3c3ccccc3c2c1. The van der Waals surface area contributed by atoms with Crippen molar-refractivity contribution in [2.45, 2.75) is 26.7 Å². The van der Waals surface area contributed by atoms with Crippen LogP contribution in [0.15, 0.2) is 188 Å². The fourth-order valence-corrected chi connectivity index (χ4v) is 12.9. The lowest BCUT2D eigenvalue weighted by molar-refractivity contribution is 1.14. The minimum atomic E-state index is 0.0770. The molecular formula is C60H41BN2S. The predicted molar refractivity (Wildman–Crippen MR) is 280 cm³/mol. The summed E-state index contributed by atoms with van der Waals surface area (Å²) in [6.45, 7) is 4.63. The summed E-state index contributed by atoms with van der Waals surface area (Å²) in [6.07, 6.45) is 1.97. The molecule has 4 heteroatoms. The van der Waals surface area contributed by atoms with Crippen molar-refractivity contribution in [1.29, 1.82) is 0 Å². The van der Waals surface area contributed by atoms with Crippen LogP contribution in [0.5, 0.6) is 0 Å². The first-order valence-corrected chi connectivity index (χ1v) is 23.6. The number of thiophene rings is 1. The molecule has 0 spiro atoms. The molecule has 0 bridgehead atoms. The number of anilines is 6. The average Bonchev–Trinajstić information content (AvgIpc) is 3.74. The summed E-state index contributed by atoms with van der Waals surface area (Å²) in [4.78, 5) is 5.19. The van der Waals surface area contributed by atoms with E-state index in [9.17, 15) is 0 Å². The summed E-state index contributed by atoms with van der Waals surface area (Å²) < 4.78 is 2.75. The number of rotatable bonds is 4. The molecule has 0 amide bonds. The molecule has 0 saturated heterocycles. The van der Waals surface area contributed by atoms with E-state index in [1.807, 2.05) is 11.3 Å². The van der Waals surface area contributed by atoms with Crippen LogP contribution >= 0.6 is 11.3 Å². The highest BCUT2D eigenvalue weighted by molar-refractivity contribution is 7.33. The van der Waals surface area contributed by atoms with Crippen molar-refractivity contribution >= 4 is 143 Å². The van der Waals surface area contributed by atoms with Gasteiger partial charge in [0.1, 0.15) is 0 Å². The van der Waals surface area contributed by atoms with Gasteiger partial charge in [-0.3, -0.25) is 0 Å². The second-order valence-electron chi connectivity index (χ2n) is 17.7. The quantitative estimate of drug-likeness (QED) is 0.129. The Labute approximate surface area is 376 Å². The zero-order chi connectivity index (χ0) is 42.2. The Morgan fingerprint density at radius 1 is 0.375 bits per heavy atom. The Balaban J connectivity index is 1.07. The van der Waals surface area contributed by atoms with Crippen LogP contribution in [0.1, 0.15) is 25.0 Å². The average molecular weight is 833 g/mol. The van der Waals surface area contributed by atoms with Crippen LogP contribution in [0, 0.1) is 0 Å². The highest BCUT2D eigenvalue weighted by atomic mass is 32.1. The van der Waals surface area contributed by atoms with Crippen molar-refractivity contribution in [3.63, 3.8) is 0 Å². The van der Waals surface area contributed by atoms with Crippen LogP contribution in [0.4, 0.5) is 34.1 Å². The van der Waals surface area contributed by atoms with E-state index in [1.165, 1.54) is 136 Å². The topological polar surface area (TPSA) is 6.48 Å². The molecule has 12 aromatic rings. The maximum atomic E-state index is 2.62. The number of aryl methyl sites for hydroxylation is 2. The number of fused-ring (bicyclic) bond motifs is 18. The molecule has 2 aliphatic rings. The third-order valence-corrected chi connectivity index (χ3v) is 15.7. The van der Waals surface area contributed by atoms with Crippen molar-refractivity contribution in [2.75, 3.05) is 9.80 Å². The number of benzene rings is 11. The van der Waals surface area contributed by atoms with Gasteiger partial charge in [0.25, 0.3) is 6.71 Å². The van der Waals surface area contributed by atoms with Crippen molar-refractivity contribution < 1.29 is 0 Å². The first kappa shape index (κ1) is 36.1. The van der Waals surface area contributed by atoms with E-state index in [2.05, 4.69) is 212 Å². The Morgan fingerprint density at radius 2 is 0.828 bits per heavy atom. The van der Waals surface area contributed by atoms with Gasteiger partial charge < -0.3 is 9.80 Å². The van der Waals surface area contributed by atoms with Gasteiger partial charge in [0.05, 0.1) is 5.69 Å². The van der Waals surface area contributed by atoms with Gasteiger partial charge in [0.15, 0.2) is 0 Å². The summed E-state index contributed by atoms with van der Waals surface area (Å²) in [7, 11) is 0.